The van der Waals surface area contributed by atoms with Crippen molar-refractivity contribution in [1.82, 2.24) is 0 Å². The average molecular weight is 295 g/mol. The summed E-state index contributed by atoms with van der Waals surface area (Å²) < 4.78 is 14.1. The van der Waals surface area contributed by atoms with Crippen LogP contribution >= 0.6 is 0 Å². The van der Waals surface area contributed by atoms with Gasteiger partial charge in [0.25, 0.3) is 0 Å². The Kier molecular flexibility index (Phi) is 3.37. The van der Waals surface area contributed by atoms with Gasteiger partial charge in [-0.25, -0.2) is 4.39 Å². The highest BCUT2D eigenvalue weighted by molar-refractivity contribution is 6.25. The van der Waals surface area contributed by atoms with Crippen molar-refractivity contribution in [3.05, 3.63) is 76.2 Å². The number of benzene rings is 2. The van der Waals surface area contributed by atoms with E-state index in [1.165, 1.54) is 12.1 Å². The highest BCUT2D eigenvalue weighted by atomic mass is 19.1. The van der Waals surface area contributed by atoms with Crippen LogP contribution in [0.25, 0.3) is 0 Å². The monoisotopic (exact) mass is 295 g/mol. The molecule has 2 aromatic rings. The summed E-state index contributed by atoms with van der Waals surface area (Å²) in [6.45, 7) is 3.55. The van der Waals surface area contributed by atoms with Crippen molar-refractivity contribution in [1.29, 1.82) is 0 Å². The Hall–Kier alpha value is -2.75. The normalized spacial score (nSPS) is 13.7. The van der Waals surface area contributed by atoms with Crippen LogP contribution in [-0.4, -0.2) is 11.6 Å². The fraction of sp³-hybridized carbons (Fsp3) is 0.111. The van der Waals surface area contributed by atoms with E-state index >= 15 is 0 Å². The quantitative estimate of drug-likeness (QED) is 0.916. The van der Waals surface area contributed by atoms with Gasteiger partial charge in [0.15, 0.2) is 5.78 Å². The third kappa shape index (κ3) is 2.33. The number of carbonyl (C=O) groups is 2. The molecule has 3 rings (SSSR count). The molecule has 1 N–H and O–H groups in total. The molecule has 0 aromatic heterocycles. The van der Waals surface area contributed by atoms with Crippen LogP contribution in [0.3, 0.4) is 0 Å². The number of hydrogen-bond acceptors (Lipinski definition) is 3. The largest absolute Gasteiger partial charge is 0.350 e. The lowest BCUT2D eigenvalue weighted by atomic mass is 9.92. The zero-order valence-electron chi connectivity index (χ0n) is 12.2. The van der Waals surface area contributed by atoms with Gasteiger partial charge in [-0.3, -0.25) is 9.59 Å². The van der Waals surface area contributed by atoms with E-state index < -0.39 is 5.82 Å². The highest BCUT2D eigenvalue weighted by Gasteiger charge is 2.26. The lowest BCUT2D eigenvalue weighted by molar-refractivity contribution is 0.0985. The standard InChI is InChI=1S/C18H14FNO2/c1-10-7-11(2)17(14(19)8-10)20-15-9-16(21)12-5-3-4-6-13(12)18(15)22/h3-9,20H,1-2H3. The number of halogens is 1. The SMILES string of the molecule is Cc1cc(C)c(NC2=CC(=O)c3ccccc3C2=O)c(F)c1. The maximum Gasteiger partial charge on any atom is 0.210 e. The molecule has 0 spiro atoms. The van der Waals surface area contributed by atoms with Gasteiger partial charge in [0.05, 0.1) is 11.4 Å². The Morgan fingerprint density at radius 2 is 1.68 bits per heavy atom. The van der Waals surface area contributed by atoms with Gasteiger partial charge in [0.1, 0.15) is 5.82 Å². The molecule has 1 aliphatic rings. The van der Waals surface area contributed by atoms with E-state index in [0.29, 0.717) is 16.7 Å². The zero-order valence-corrected chi connectivity index (χ0v) is 12.2. The maximum atomic E-state index is 14.1. The van der Waals surface area contributed by atoms with Crippen LogP contribution in [-0.2, 0) is 0 Å². The molecule has 4 heteroatoms. The van der Waals surface area contributed by atoms with Crippen molar-refractivity contribution in [2.75, 3.05) is 5.32 Å². The van der Waals surface area contributed by atoms with Gasteiger partial charge in [-0.15, -0.1) is 0 Å². The number of anilines is 1. The first-order chi connectivity index (χ1) is 10.5. The molecule has 0 bridgehead atoms. The molecule has 0 saturated heterocycles. The van der Waals surface area contributed by atoms with E-state index in [0.717, 1.165) is 5.56 Å². The van der Waals surface area contributed by atoms with Gasteiger partial charge >= 0.3 is 0 Å². The molecule has 2 aromatic carbocycles. The maximum absolute atomic E-state index is 14.1. The number of carbonyl (C=O) groups excluding carboxylic acids is 2. The fourth-order valence-corrected chi connectivity index (χ4v) is 2.62. The second kappa shape index (κ2) is 5.22. The number of aryl methyl sites for hydroxylation is 2. The summed E-state index contributed by atoms with van der Waals surface area (Å²) >= 11 is 0. The Labute approximate surface area is 127 Å². The number of allylic oxidation sites excluding steroid dienone is 2. The van der Waals surface area contributed by atoms with E-state index in [9.17, 15) is 14.0 Å². The second-order valence-electron chi connectivity index (χ2n) is 5.36. The number of fused-ring (bicyclic) bond motifs is 1. The number of nitrogens with one attached hydrogen (secondary N) is 1. The van der Waals surface area contributed by atoms with Crippen LogP contribution < -0.4 is 5.32 Å². The Morgan fingerprint density at radius 3 is 2.36 bits per heavy atom. The summed E-state index contributed by atoms with van der Waals surface area (Å²) in [5.74, 6) is -1.02. The molecular formula is C18H14FNO2. The van der Waals surface area contributed by atoms with Gasteiger partial charge in [-0.1, -0.05) is 30.3 Å². The molecular weight excluding hydrogens is 281 g/mol. The molecule has 0 fully saturated rings. The van der Waals surface area contributed by atoms with E-state index in [4.69, 9.17) is 0 Å². The van der Waals surface area contributed by atoms with Crippen molar-refractivity contribution in [3.63, 3.8) is 0 Å². The van der Waals surface area contributed by atoms with E-state index in [-0.39, 0.29) is 23.0 Å². The van der Waals surface area contributed by atoms with Gasteiger partial charge in [0, 0.05) is 17.2 Å². The number of rotatable bonds is 2. The molecule has 0 saturated carbocycles. The Morgan fingerprint density at radius 1 is 1.00 bits per heavy atom. The predicted molar refractivity (Wildman–Crippen MR) is 82.7 cm³/mol. The first kappa shape index (κ1) is 14.2. The molecule has 22 heavy (non-hydrogen) atoms. The van der Waals surface area contributed by atoms with Crippen LogP contribution in [0.4, 0.5) is 10.1 Å². The van der Waals surface area contributed by atoms with Crippen LogP contribution in [0.1, 0.15) is 31.8 Å². The minimum absolute atomic E-state index is 0.0922. The van der Waals surface area contributed by atoms with Crippen LogP contribution in [0.15, 0.2) is 48.2 Å². The summed E-state index contributed by atoms with van der Waals surface area (Å²) in [5.41, 5.74) is 2.50. The van der Waals surface area contributed by atoms with Gasteiger partial charge in [-0.2, -0.15) is 0 Å². The molecule has 0 amide bonds. The lowest BCUT2D eigenvalue weighted by Crippen LogP contribution is -2.22. The third-order valence-corrected chi connectivity index (χ3v) is 3.65. The summed E-state index contributed by atoms with van der Waals surface area (Å²) in [4.78, 5) is 24.5. The summed E-state index contributed by atoms with van der Waals surface area (Å²) in [6, 6.07) is 9.82. The molecule has 0 aliphatic heterocycles. The summed E-state index contributed by atoms with van der Waals surface area (Å²) in [5, 5.41) is 2.78. The minimum Gasteiger partial charge on any atom is -0.350 e. The van der Waals surface area contributed by atoms with Crippen molar-refractivity contribution < 1.29 is 14.0 Å². The van der Waals surface area contributed by atoms with Gasteiger partial charge < -0.3 is 5.32 Å². The van der Waals surface area contributed by atoms with Gasteiger partial charge in [0.2, 0.25) is 5.78 Å². The van der Waals surface area contributed by atoms with Crippen LogP contribution in [0.5, 0.6) is 0 Å². The zero-order chi connectivity index (χ0) is 15.9. The fourth-order valence-electron chi connectivity index (χ4n) is 2.62. The summed E-state index contributed by atoms with van der Waals surface area (Å²) in [7, 11) is 0. The Bertz CT molecular complexity index is 814. The number of hydrogen-bond donors (Lipinski definition) is 1. The first-order valence-electron chi connectivity index (χ1n) is 6.91. The van der Waals surface area contributed by atoms with Crippen molar-refractivity contribution >= 4 is 17.3 Å². The third-order valence-electron chi connectivity index (χ3n) is 3.65. The molecule has 0 heterocycles. The van der Waals surface area contributed by atoms with Crippen molar-refractivity contribution in [2.45, 2.75) is 13.8 Å². The molecule has 0 atom stereocenters. The van der Waals surface area contributed by atoms with E-state index in [2.05, 4.69) is 5.32 Å². The van der Waals surface area contributed by atoms with Crippen molar-refractivity contribution in [3.8, 4) is 0 Å². The lowest BCUT2D eigenvalue weighted by Gasteiger charge is -2.18. The highest BCUT2D eigenvalue weighted by Crippen LogP contribution is 2.26. The van der Waals surface area contributed by atoms with Crippen LogP contribution in [0.2, 0.25) is 0 Å². The topological polar surface area (TPSA) is 46.2 Å². The Balaban J connectivity index is 2.01. The second-order valence-corrected chi connectivity index (χ2v) is 5.36. The predicted octanol–water partition coefficient (Wildman–Crippen LogP) is 3.82. The molecule has 0 radical (unpaired) electrons. The van der Waals surface area contributed by atoms with E-state index in [1.807, 2.05) is 6.07 Å². The number of Topliss-reactive ketones (excluding diaryl/α,β-unsaturated/α-hetero) is 1. The molecule has 3 nitrogen and oxygen atoms in total. The molecule has 0 unspecified atom stereocenters. The number of ketones is 2. The summed E-state index contributed by atoms with van der Waals surface area (Å²) in [6.07, 6.45) is 1.23. The molecule has 1 aliphatic carbocycles. The first-order valence-corrected chi connectivity index (χ1v) is 6.91. The van der Waals surface area contributed by atoms with Gasteiger partial charge in [-0.05, 0) is 31.0 Å². The van der Waals surface area contributed by atoms with E-state index in [1.54, 1.807) is 38.1 Å². The smallest absolute Gasteiger partial charge is 0.210 e. The van der Waals surface area contributed by atoms with Crippen LogP contribution in [0, 0.1) is 19.7 Å². The van der Waals surface area contributed by atoms with Crippen molar-refractivity contribution in [2.24, 2.45) is 0 Å². The average Bonchev–Trinajstić information content (AvgIpc) is 2.47. The molecule has 110 valence electrons. The minimum atomic E-state index is -0.447.